The van der Waals surface area contributed by atoms with Crippen molar-refractivity contribution in [3.63, 3.8) is 0 Å². The van der Waals surface area contributed by atoms with Gasteiger partial charge in [0.05, 0.1) is 11.5 Å². The lowest BCUT2D eigenvalue weighted by molar-refractivity contribution is -0.138. The molecule has 0 aromatic heterocycles. The first-order chi connectivity index (χ1) is 7.33. The Morgan fingerprint density at radius 2 is 1.88 bits per heavy atom. The predicted molar refractivity (Wildman–Crippen MR) is 62.7 cm³/mol. The topological polar surface area (TPSA) is 62.1 Å². The lowest BCUT2D eigenvalue weighted by Crippen LogP contribution is -2.33. The molecule has 1 aliphatic heterocycles. The van der Waals surface area contributed by atoms with Crippen LogP contribution >= 0.6 is 0 Å². The molecular formula is C12H22N2O2. The van der Waals surface area contributed by atoms with Gasteiger partial charge in [0, 0.05) is 0 Å². The SMILES string of the molecule is CC(C)(C)OC=O.CC1(C#N)CCNCC1. The van der Waals surface area contributed by atoms with E-state index in [9.17, 15) is 4.79 Å². The van der Waals surface area contributed by atoms with Crippen LogP contribution in [0.3, 0.4) is 0 Å². The Bertz CT molecular complexity index is 245. The van der Waals surface area contributed by atoms with E-state index in [-0.39, 0.29) is 11.0 Å². The number of piperidine rings is 1. The molecule has 0 unspecified atom stereocenters. The van der Waals surface area contributed by atoms with E-state index in [2.05, 4.69) is 16.1 Å². The summed E-state index contributed by atoms with van der Waals surface area (Å²) in [5, 5.41) is 11.9. The van der Waals surface area contributed by atoms with Crippen molar-refractivity contribution in [3.8, 4) is 6.07 Å². The van der Waals surface area contributed by atoms with E-state index in [1.807, 2.05) is 27.7 Å². The number of carbonyl (C=O) groups is 1. The van der Waals surface area contributed by atoms with Crippen molar-refractivity contribution in [2.24, 2.45) is 5.41 Å². The minimum absolute atomic E-state index is 0.0365. The van der Waals surface area contributed by atoms with Gasteiger partial charge in [0.25, 0.3) is 6.47 Å². The van der Waals surface area contributed by atoms with Crippen LogP contribution in [0.25, 0.3) is 0 Å². The van der Waals surface area contributed by atoms with E-state index in [1.165, 1.54) is 0 Å². The van der Waals surface area contributed by atoms with Gasteiger partial charge in [0.2, 0.25) is 0 Å². The molecule has 1 aliphatic rings. The fourth-order valence-corrected chi connectivity index (χ4v) is 1.23. The number of carbonyl (C=O) groups excluding carboxylic acids is 1. The van der Waals surface area contributed by atoms with Crippen molar-refractivity contribution in [2.45, 2.75) is 46.1 Å². The molecule has 1 heterocycles. The normalized spacial score (nSPS) is 18.7. The van der Waals surface area contributed by atoms with Gasteiger partial charge < -0.3 is 10.1 Å². The highest BCUT2D eigenvalue weighted by molar-refractivity contribution is 5.37. The number of nitrogens with one attached hydrogen (secondary N) is 1. The average Bonchev–Trinajstić information content (AvgIpc) is 2.18. The number of nitriles is 1. The molecule has 0 radical (unpaired) electrons. The maximum atomic E-state index is 9.60. The summed E-state index contributed by atoms with van der Waals surface area (Å²) in [7, 11) is 0. The van der Waals surface area contributed by atoms with Crippen LogP contribution in [0.5, 0.6) is 0 Å². The van der Waals surface area contributed by atoms with Crippen molar-refractivity contribution < 1.29 is 9.53 Å². The lowest BCUT2D eigenvalue weighted by Gasteiger charge is -2.26. The van der Waals surface area contributed by atoms with Gasteiger partial charge in [-0.15, -0.1) is 0 Å². The molecule has 4 nitrogen and oxygen atoms in total. The third-order valence-corrected chi connectivity index (χ3v) is 2.38. The Hall–Kier alpha value is -1.08. The van der Waals surface area contributed by atoms with Gasteiger partial charge in [0.1, 0.15) is 5.60 Å². The lowest BCUT2D eigenvalue weighted by atomic mass is 9.83. The number of hydrogen-bond acceptors (Lipinski definition) is 4. The first-order valence-electron chi connectivity index (χ1n) is 5.56. The molecule has 0 atom stereocenters. The highest BCUT2D eigenvalue weighted by atomic mass is 16.5. The van der Waals surface area contributed by atoms with Crippen molar-refractivity contribution in [2.75, 3.05) is 13.1 Å². The third kappa shape index (κ3) is 7.24. The molecular weight excluding hydrogens is 204 g/mol. The number of hydrogen-bond donors (Lipinski definition) is 1. The molecule has 1 saturated heterocycles. The number of ether oxygens (including phenoxy) is 1. The van der Waals surface area contributed by atoms with Crippen molar-refractivity contribution >= 4 is 6.47 Å². The van der Waals surface area contributed by atoms with Gasteiger partial charge in [-0.05, 0) is 53.6 Å². The summed E-state index contributed by atoms with van der Waals surface area (Å²) in [5.41, 5.74) is -0.354. The Balaban J connectivity index is 0.000000293. The number of nitrogens with zero attached hydrogens (tertiary/aromatic N) is 1. The molecule has 1 fully saturated rings. The van der Waals surface area contributed by atoms with E-state index in [4.69, 9.17) is 5.26 Å². The minimum atomic E-state index is -0.318. The van der Waals surface area contributed by atoms with E-state index in [1.54, 1.807) is 0 Å². The summed E-state index contributed by atoms with van der Waals surface area (Å²) in [5.74, 6) is 0. The zero-order chi connectivity index (χ0) is 12.7. The molecule has 0 saturated carbocycles. The van der Waals surface area contributed by atoms with Crippen LogP contribution in [0.15, 0.2) is 0 Å². The van der Waals surface area contributed by atoms with E-state index in [0.717, 1.165) is 25.9 Å². The van der Waals surface area contributed by atoms with E-state index >= 15 is 0 Å². The molecule has 92 valence electrons. The molecule has 1 rings (SSSR count). The quantitative estimate of drug-likeness (QED) is 0.693. The standard InChI is InChI=1S/C7H12N2.C5H10O2/c1-7(6-8)2-4-9-5-3-7;1-5(2,3)7-4-6/h9H,2-5H2,1H3;4H,1-3H3. The summed E-state index contributed by atoms with van der Waals surface area (Å²) >= 11 is 0. The molecule has 0 aliphatic carbocycles. The highest BCUT2D eigenvalue weighted by Gasteiger charge is 2.25. The Kier molecular flexibility index (Phi) is 6.05. The molecule has 1 N–H and O–H groups in total. The van der Waals surface area contributed by atoms with Gasteiger partial charge in [-0.3, -0.25) is 4.79 Å². The molecule has 0 aromatic rings. The second-order valence-corrected chi connectivity index (χ2v) is 5.25. The fourth-order valence-electron chi connectivity index (χ4n) is 1.23. The van der Waals surface area contributed by atoms with Crippen LogP contribution in [0.2, 0.25) is 0 Å². The summed E-state index contributed by atoms with van der Waals surface area (Å²) in [6.07, 6.45) is 2.01. The molecule has 4 heteroatoms. The zero-order valence-corrected chi connectivity index (χ0v) is 10.7. The maximum Gasteiger partial charge on any atom is 0.293 e. The van der Waals surface area contributed by atoms with E-state index < -0.39 is 0 Å². The molecule has 0 amide bonds. The van der Waals surface area contributed by atoms with Crippen LogP contribution in [0.4, 0.5) is 0 Å². The molecule has 16 heavy (non-hydrogen) atoms. The summed E-state index contributed by atoms with van der Waals surface area (Å²) in [4.78, 5) is 9.60. The first kappa shape index (κ1) is 14.9. The minimum Gasteiger partial charge on any atom is -0.462 e. The Labute approximate surface area is 98.0 Å². The molecule has 0 bridgehead atoms. The largest absolute Gasteiger partial charge is 0.462 e. The predicted octanol–water partition coefficient (Wildman–Crippen LogP) is 1.86. The monoisotopic (exact) mass is 226 g/mol. The van der Waals surface area contributed by atoms with Gasteiger partial charge in [-0.25, -0.2) is 0 Å². The first-order valence-corrected chi connectivity index (χ1v) is 5.56. The second kappa shape index (κ2) is 6.49. The second-order valence-electron chi connectivity index (χ2n) is 5.25. The van der Waals surface area contributed by atoms with Crippen LogP contribution in [0, 0.1) is 16.7 Å². The van der Waals surface area contributed by atoms with Gasteiger partial charge >= 0.3 is 0 Å². The van der Waals surface area contributed by atoms with E-state index in [0.29, 0.717) is 6.47 Å². The third-order valence-electron chi connectivity index (χ3n) is 2.38. The average molecular weight is 226 g/mol. The summed E-state index contributed by atoms with van der Waals surface area (Å²) in [6.45, 7) is 9.96. The van der Waals surface area contributed by atoms with Crippen LogP contribution in [-0.4, -0.2) is 25.2 Å². The maximum absolute atomic E-state index is 9.60. The fraction of sp³-hybridized carbons (Fsp3) is 0.833. The van der Waals surface area contributed by atoms with Crippen molar-refractivity contribution in [1.82, 2.24) is 5.32 Å². The van der Waals surface area contributed by atoms with Crippen LogP contribution < -0.4 is 5.32 Å². The van der Waals surface area contributed by atoms with Crippen molar-refractivity contribution in [3.05, 3.63) is 0 Å². The molecule has 0 spiro atoms. The highest BCUT2D eigenvalue weighted by Crippen LogP contribution is 2.25. The van der Waals surface area contributed by atoms with Crippen LogP contribution in [-0.2, 0) is 9.53 Å². The van der Waals surface area contributed by atoms with Crippen molar-refractivity contribution in [1.29, 1.82) is 5.26 Å². The number of rotatable bonds is 1. The van der Waals surface area contributed by atoms with Gasteiger partial charge in [0.15, 0.2) is 0 Å². The smallest absolute Gasteiger partial charge is 0.293 e. The zero-order valence-electron chi connectivity index (χ0n) is 10.7. The summed E-state index contributed by atoms with van der Waals surface area (Å²) in [6, 6.07) is 2.34. The Morgan fingerprint density at radius 3 is 2.06 bits per heavy atom. The van der Waals surface area contributed by atoms with Crippen LogP contribution in [0.1, 0.15) is 40.5 Å². The van der Waals surface area contributed by atoms with Gasteiger partial charge in [-0.1, -0.05) is 0 Å². The summed E-state index contributed by atoms with van der Waals surface area (Å²) < 4.78 is 4.55. The Morgan fingerprint density at radius 1 is 1.38 bits per heavy atom. The molecule has 0 aromatic carbocycles. The van der Waals surface area contributed by atoms with Gasteiger partial charge in [-0.2, -0.15) is 5.26 Å².